The molecule has 6 nitrogen and oxygen atoms in total. The van der Waals surface area contributed by atoms with Crippen molar-refractivity contribution in [3.8, 4) is 6.07 Å². The number of anilines is 1. The van der Waals surface area contributed by atoms with E-state index in [2.05, 4.69) is 10.3 Å². The van der Waals surface area contributed by atoms with Crippen LogP contribution in [0.5, 0.6) is 0 Å². The lowest BCUT2D eigenvalue weighted by Gasteiger charge is -2.23. The van der Waals surface area contributed by atoms with Crippen molar-refractivity contribution in [1.82, 2.24) is 4.98 Å². The minimum absolute atomic E-state index is 0.00102. The molecule has 0 aliphatic rings. The van der Waals surface area contributed by atoms with Crippen LogP contribution in [0.25, 0.3) is 0 Å². The zero-order valence-electron chi connectivity index (χ0n) is 12.2. The third-order valence-corrected chi connectivity index (χ3v) is 6.67. The maximum absolute atomic E-state index is 12.7. The van der Waals surface area contributed by atoms with Gasteiger partial charge in [0.2, 0.25) is 5.91 Å². The molecule has 1 N–H and O–H groups in total. The Hall–Kier alpha value is -1.95. The summed E-state index contributed by atoms with van der Waals surface area (Å²) < 4.78 is 23.6. The normalized spacial score (nSPS) is 11.7. The van der Waals surface area contributed by atoms with Crippen molar-refractivity contribution >= 4 is 43.8 Å². The number of benzene rings is 1. The Balaban J connectivity index is 2.30. The topological polar surface area (TPSA) is 99.9 Å². The van der Waals surface area contributed by atoms with E-state index in [9.17, 15) is 13.2 Å². The van der Waals surface area contributed by atoms with Gasteiger partial charge < -0.3 is 5.32 Å². The van der Waals surface area contributed by atoms with Gasteiger partial charge in [0.1, 0.15) is 15.7 Å². The molecule has 9 heteroatoms. The first-order valence-electron chi connectivity index (χ1n) is 6.36. The van der Waals surface area contributed by atoms with E-state index in [4.69, 9.17) is 16.9 Å². The standard InChI is InChI=1S/C14H12ClN3O3S2/c1-14(2,12(19)18-13-17-8-10(7-16)22-13)23(20,21)11-5-3-9(15)4-6-11/h3-6,8H,1-2H3,(H,17,18,19). The number of halogens is 1. The molecule has 1 heterocycles. The quantitative estimate of drug-likeness (QED) is 0.893. The van der Waals surface area contributed by atoms with Gasteiger partial charge in [-0.1, -0.05) is 22.9 Å². The van der Waals surface area contributed by atoms with Crippen molar-refractivity contribution < 1.29 is 13.2 Å². The fourth-order valence-electron chi connectivity index (χ4n) is 1.66. The number of nitrogens with one attached hydrogen (secondary N) is 1. The molecule has 0 saturated carbocycles. The highest BCUT2D eigenvalue weighted by molar-refractivity contribution is 7.93. The molecular formula is C14H12ClN3O3S2. The fourth-order valence-corrected chi connectivity index (χ4v) is 3.77. The lowest BCUT2D eigenvalue weighted by molar-refractivity contribution is -0.117. The van der Waals surface area contributed by atoms with Crippen LogP contribution in [-0.2, 0) is 14.6 Å². The Morgan fingerprint density at radius 3 is 2.48 bits per heavy atom. The zero-order valence-corrected chi connectivity index (χ0v) is 14.6. The molecule has 1 aromatic heterocycles. The maximum Gasteiger partial charge on any atom is 0.247 e. The summed E-state index contributed by atoms with van der Waals surface area (Å²) in [6.07, 6.45) is 1.31. The van der Waals surface area contributed by atoms with Crippen LogP contribution >= 0.6 is 22.9 Å². The van der Waals surface area contributed by atoms with Crippen molar-refractivity contribution in [3.05, 3.63) is 40.4 Å². The van der Waals surface area contributed by atoms with Crippen molar-refractivity contribution in [1.29, 1.82) is 5.26 Å². The lowest BCUT2D eigenvalue weighted by atomic mass is 10.2. The molecule has 0 unspecified atom stereocenters. The zero-order chi connectivity index (χ0) is 17.3. The summed E-state index contributed by atoms with van der Waals surface area (Å²) in [6, 6.07) is 7.49. The van der Waals surface area contributed by atoms with Gasteiger partial charge >= 0.3 is 0 Å². The molecule has 1 amide bonds. The summed E-state index contributed by atoms with van der Waals surface area (Å²) in [6.45, 7) is 2.62. The van der Waals surface area contributed by atoms with Gasteiger partial charge in [0.15, 0.2) is 15.0 Å². The van der Waals surface area contributed by atoms with Gasteiger partial charge in [0, 0.05) is 5.02 Å². The molecule has 0 atom stereocenters. The van der Waals surface area contributed by atoms with Gasteiger partial charge in [-0.3, -0.25) is 4.79 Å². The maximum atomic E-state index is 12.7. The first kappa shape index (κ1) is 17.4. The number of amides is 1. The number of sulfone groups is 1. The van der Waals surface area contributed by atoms with Crippen LogP contribution < -0.4 is 5.32 Å². The number of carbonyl (C=O) groups is 1. The monoisotopic (exact) mass is 369 g/mol. The highest BCUT2D eigenvalue weighted by atomic mass is 35.5. The summed E-state index contributed by atoms with van der Waals surface area (Å²) in [5.74, 6) is -0.730. The number of aromatic nitrogens is 1. The molecule has 1 aromatic carbocycles. The second-order valence-corrected chi connectivity index (χ2v) is 9.03. The molecule has 0 aliphatic heterocycles. The summed E-state index contributed by atoms with van der Waals surface area (Å²) in [4.78, 5) is 16.6. The molecule has 0 aliphatic carbocycles. The Bertz CT molecular complexity index is 881. The smallest absolute Gasteiger partial charge is 0.247 e. The van der Waals surface area contributed by atoms with Crippen LogP contribution in [0.4, 0.5) is 5.13 Å². The highest BCUT2D eigenvalue weighted by Gasteiger charge is 2.43. The molecule has 2 rings (SSSR count). The largest absolute Gasteiger partial charge is 0.301 e. The summed E-state index contributed by atoms with van der Waals surface area (Å²) in [7, 11) is -3.93. The molecule has 0 spiro atoms. The number of hydrogen-bond acceptors (Lipinski definition) is 6. The number of thiazole rings is 1. The second kappa shape index (κ2) is 6.28. The third-order valence-electron chi connectivity index (χ3n) is 3.18. The van der Waals surface area contributed by atoms with E-state index >= 15 is 0 Å². The van der Waals surface area contributed by atoms with Crippen LogP contribution in [0.15, 0.2) is 35.4 Å². The van der Waals surface area contributed by atoms with Crippen LogP contribution in [0.3, 0.4) is 0 Å². The first-order valence-corrected chi connectivity index (χ1v) is 9.04. The number of carbonyl (C=O) groups excluding carboxylic acids is 1. The molecule has 0 saturated heterocycles. The Morgan fingerprint density at radius 1 is 1.35 bits per heavy atom. The Labute approximate surface area is 142 Å². The van der Waals surface area contributed by atoms with E-state index in [1.807, 2.05) is 6.07 Å². The summed E-state index contributed by atoms with van der Waals surface area (Å²) in [5, 5.41) is 11.8. The summed E-state index contributed by atoms with van der Waals surface area (Å²) in [5.41, 5.74) is 0. The molecule has 120 valence electrons. The molecule has 2 aromatic rings. The average molecular weight is 370 g/mol. The molecule has 0 bridgehead atoms. The number of nitrogens with zero attached hydrogens (tertiary/aromatic N) is 2. The molecule has 23 heavy (non-hydrogen) atoms. The molecule has 0 fully saturated rings. The van der Waals surface area contributed by atoms with E-state index < -0.39 is 20.5 Å². The van der Waals surface area contributed by atoms with Gasteiger partial charge in [-0.2, -0.15) is 5.26 Å². The van der Waals surface area contributed by atoms with E-state index in [0.717, 1.165) is 11.3 Å². The lowest BCUT2D eigenvalue weighted by Crippen LogP contribution is -2.44. The summed E-state index contributed by atoms with van der Waals surface area (Å²) >= 11 is 6.72. The van der Waals surface area contributed by atoms with E-state index in [1.54, 1.807) is 0 Å². The Kier molecular flexibility index (Phi) is 4.75. The predicted octanol–water partition coefficient (Wildman–Crippen LogP) is 2.86. The highest BCUT2D eigenvalue weighted by Crippen LogP contribution is 2.28. The predicted molar refractivity (Wildman–Crippen MR) is 88.2 cm³/mol. The SMILES string of the molecule is CC(C)(C(=O)Nc1ncc(C#N)s1)S(=O)(=O)c1ccc(Cl)cc1. The van der Waals surface area contributed by atoms with Gasteiger partial charge in [-0.15, -0.1) is 0 Å². The minimum atomic E-state index is -3.93. The van der Waals surface area contributed by atoms with Crippen molar-refractivity contribution in [2.45, 2.75) is 23.5 Å². The van der Waals surface area contributed by atoms with Crippen molar-refractivity contribution in [2.24, 2.45) is 0 Å². The minimum Gasteiger partial charge on any atom is -0.301 e. The molecule has 0 radical (unpaired) electrons. The fraction of sp³-hybridized carbons (Fsp3) is 0.214. The van der Waals surface area contributed by atoms with Crippen LogP contribution in [-0.4, -0.2) is 24.1 Å². The van der Waals surface area contributed by atoms with Gasteiger partial charge in [-0.05, 0) is 38.1 Å². The number of rotatable bonds is 4. The van der Waals surface area contributed by atoms with Gasteiger partial charge in [0.25, 0.3) is 0 Å². The molecular weight excluding hydrogens is 358 g/mol. The Morgan fingerprint density at radius 2 is 1.96 bits per heavy atom. The van der Waals surface area contributed by atoms with Gasteiger partial charge in [-0.25, -0.2) is 13.4 Å². The van der Waals surface area contributed by atoms with E-state index in [0.29, 0.717) is 9.90 Å². The van der Waals surface area contributed by atoms with Crippen LogP contribution in [0.2, 0.25) is 5.02 Å². The number of nitriles is 1. The average Bonchev–Trinajstić information content (AvgIpc) is 2.95. The van der Waals surface area contributed by atoms with Crippen LogP contribution in [0, 0.1) is 11.3 Å². The second-order valence-electron chi connectivity index (χ2n) is 5.06. The van der Waals surface area contributed by atoms with Gasteiger partial charge in [0.05, 0.1) is 11.1 Å². The number of hydrogen-bond donors (Lipinski definition) is 1. The van der Waals surface area contributed by atoms with Crippen molar-refractivity contribution in [2.75, 3.05) is 5.32 Å². The van der Waals surface area contributed by atoms with E-state index in [-0.39, 0.29) is 10.0 Å². The third kappa shape index (κ3) is 3.37. The van der Waals surface area contributed by atoms with Crippen molar-refractivity contribution in [3.63, 3.8) is 0 Å². The van der Waals surface area contributed by atoms with E-state index in [1.165, 1.54) is 44.3 Å². The first-order chi connectivity index (χ1) is 10.7. The van der Waals surface area contributed by atoms with Crippen LogP contribution in [0.1, 0.15) is 18.7 Å².